The molecule has 0 atom stereocenters. The number of nitrogens with one attached hydrogen (secondary N) is 1. The van der Waals surface area contributed by atoms with Gasteiger partial charge in [0.1, 0.15) is 5.58 Å². The van der Waals surface area contributed by atoms with Gasteiger partial charge in [0, 0.05) is 29.7 Å². The maximum atomic E-state index is 12.9. The van der Waals surface area contributed by atoms with Crippen molar-refractivity contribution in [1.29, 1.82) is 0 Å². The fourth-order valence-corrected chi connectivity index (χ4v) is 4.95. The summed E-state index contributed by atoms with van der Waals surface area (Å²) in [5.41, 5.74) is 2.42. The maximum Gasteiger partial charge on any atom is 0.291 e. The molecule has 1 aromatic heterocycles. The van der Waals surface area contributed by atoms with Crippen molar-refractivity contribution >= 4 is 32.6 Å². The Balaban J connectivity index is 1.95. The van der Waals surface area contributed by atoms with Crippen LogP contribution in [0.3, 0.4) is 0 Å². The van der Waals surface area contributed by atoms with Crippen LogP contribution < -0.4 is 5.32 Å². The number of sulfonamides is 1. The van der Waals surface area contributed by atoms with Gasteiger partial charge < -0.3 is 9.73 Å². The Kier molecular flexibility index (Phi) is 5.58. The van der Waals surface area contributed by atoms with E-state index in [0.29, 0.717) is 29.9 Å². The number of hydrogen-bond acceptors (Lipinski definition) is 4. The molecule has 28 heavy (non-hydrogen) atoms. The van der Waals surface area contributed by atoms with Gasteiger partial charge in [0.15, 0.2) is 5.76 Å². The van der Waals surface area contributed by atoms with Gasteiger partial charge in [-0.25, -0.2) is 8.42 Å². The van der Waals surface area contributed by atoms with Crippen LogP contribution in [-0.2, 0) is 10.0 Å². The Bertz CT molecular complexity index is 1130. The quantitative estimate of drug-likeness (QED) is 0.668. The summed E-state index contributed by atoms with van der Waals surface area (Å²) in [6.45, 7) is 7.93. The summed E-state index contributed by atoms with van der Waals surface area (Å²) in [5, 5.41) is 3.64. The van der Waals surface area contributed by atoms with E-state index < -0.39 is 15.9 Å². The Hall–Kier alpha value is -2.64. The minimum Gasteiger partial charge on any atom is -0.451 e. The molecule has 1 amide bonds. The van der Waals surface area contributed by atoms with Crippen molar-refractivity contribution in [2.24, 2.45) is 0 Å². The van der Waals surface area contributed by atoms with E-state index in [1.165, 1.54) is 10.4 Å². The van der Waals surface area contributed by atoms with Crippen molar-refractivity contribution in [2.45, 2.75) is 32.6 Å². The van der Waals surface area contributed by atoms with E-state index in [4.69, 9.17) is 4.42 Å². The zero-order valence-corrected chi connectivity index (χ0v) is 17.3. The first kappa shape index (κ1) is 20.1. The maximum absolute atomic E-state index is 12.9. The second kappa shape index (κ2) is 7.77. The summed E-state index contributed by atoms with van der Waals surface area (Å²) < 4.78 is 32.9. The summed E-state index contributed by atoms with van der Waals surface area (Å²) in [6, 6.07) is 12.3. The van der Waals surface area contributed by atoms with Crippen LogP contribution in [0.2, 0.25) is 0 Å². The number of fused-ring (bicyclic) bond motifs is 1. The molecule has 3 aromatic rings. The van der Waals surface area contributed by atoms with Crippen LogP contribution in [0.4, 0.5) is 5.69 Å². The third-order valence-corrected chi connectivity index (χ3v) is 7.01. The third-order valence-electron chi connectivity index (χ3n) is 4.82. The number of rotatable bonds is 6. The molecule has 0 saturated heterocycles. The van der Waals surface area contributed by atoms with Gasteiger partial charge in [-0.2, -0.15) is 4.31 Å². The first-order chi connectivity index (χ1) is 13.3. The van der Waals surface area contributed by atoms with E-state index in [0.717, 1.165) is 10.9 Å². The lowest BCUT2D eigenvalue weighted by Crippen LogP contribution is -2.31. The highest BCUT2D eigenvalue weighted by molar-refractivity contribution is 7.89. The number of aryl methyl sites for hydroxylation is 2. The highest BCUT2D eigenvalue weighted by Crippen LogP contribution is 2.27. The average molecular weight is 401 g/mol. The van der Waals surface area contributed by atoms with Gasteiger partial charge in [-0.1, -0.05) is 38.1 Å². The van der Waals surface area contributed by atoms with Gasteiger partial charge in [0.25, 0.3) is 5.91 Å². The minimum atomic E-state index is -3.62. The van der Waals surface area contributed by atoms with Crippen molar-refractivity contribution in [1.82, 2.24) is 4.31 Å². The molecule has 0 saturated carbocycles. The van der Waals surface area contributed by atoms with E-state index in [-0.39, 0.29) is 10.7 Å². The van der Waals surface area contributed by atoms with Crippen molar-refractivity contribution in [3.8, 4) is 0 Å². The van der Waals surface area contributed by atoms with Crippen molar-refractivity contribution < 1.29 is 17.6 Å². The van der Waals surface area contributed by atoms with Crippen molar-refractivity contribution in [3.05, 3.63) is 59.4 Å². The third kappa shape index (κ3) is 3.55. The fraction of sp³-hybridized carbons (Fsp3) is 0.286. The number of anilines is 1. The molecule has 0 aliphatic carbocycles. The second-order valence-electron chi connectivity index (χ2n) is 6.58. The van der Waals surface area contributed by atoms with Crippen LogP contribution >= 0.6 is 0 Å². The van der Waals surface area contributed by atoms with Crippen LogP contribution in [-0.4, -0.2) is 31.7 Å². The molecule has 6 nitrogen and oxygen atoms in total. The molecule has 0 aliphatic heterocycles. The number of furan rings is 1. The van der Waals surface area contributed by atoms with Gasteiger partial charge in [0.2, 0.25) is 10.0 Å². The fourth-order valence-electron chi connectivity index (χ4n) is 3.24. The summed E-state index contributed by atoms with van der Waals surface area (Å²) in [6.07, 6.45) is 0. The largest absolute Gasteiger partial charge is 0.451 e. The SMILES string of the molecule is CCN(CC)S(=O)(=O)c1cc(NC(=O)c2oc3ccccc3c2C)ccc1C. The van der Waals surface area contributed by atoms with Gasteiger partial charge in [-0.05, 0) is 37.6 Å². The number of benzene rings is 2. The zero-order chi connectivity index (χ0) is 20.5. The number of carbonyl (C=O) groups excluding carboxylic acids is 1. The Labute approximate surface area is 165 Å². The van der Waals surface area contributed by atoms with E-state index in [2.05, 4.69) is 5.32 Å². The molecule has 0 fully saturated rings. The van der Waals surface area contributed by atoms with Crippen LogP contribution in [0, 0.1) is 13.8 Å². The topological polar surface area (TPSA) is 79.6 Å². The normalized spacial score (nSPS) is 11.9. The molecule has 0 spiro atoms. The van der Waals surface area contributed by atoms with Gasteiger partial charge in [-0.3, -0.25) is 4.79 Å². The molecular formula is C21H24N2O4S. The predicted molar refractivity (Wildman–Crippen MR) is 110 cm³/mol. The van der Waals surface area contributed by atoms with E-state index in [1.54, 1.807) is 39.0 Å². The number of carbonyl (C=O) groups is 1. The Morgan fingerprint density at radius 1 is 1.07 bits per heavy atom. The molecule has 7 heteroatoms. The van der Waals surface area contributed by atoms with Crippen LogP contribution in [0.5, 0.6) is 0 Å². The predicted octanol–water partition coefficient (Wildman–Crippen LogP) is 4.33. The van der Waals surface area contributed by atoms with E-state index in [9.17, 15) is 13.2 Å². The summed E-state index contributed by atoms with van der Waals surface area (Å²) in [4.78, 5) is 12.9. The zero-order valence-electron chi connectivity index (χ0n) is 16.4. The number of hydrogen-bond donors (Lipinski definition) is 1. The number of amides is 1. The van der Waals surface area contributed by atoms with Crippen LogP contribution in [0.25, 0.3) is 11.0 Å². The number of para-hydroxylation sites is 1. The molecule has 2 aromatic carbocycles. The standard InChI is InChI=1S/C21H24N2O4S/c1-5-23(6-2)28(25,26)19-13-16(12-11-14(19)3)22-21(24)20-15(4)17-9-7-8-10-18(17)27-20/h7-13H,5-6H2,1-4H3,(H,22,24). The smallest absolute Gasteiger partial charge is 0.291 e. The Morgan fingerprint density at radius 3 is 2.39 bits per heavy atom. The van der Waals surface area contributed by atoms with Gasteiger partial charge in [0.05, 0.1) is 4.90 Å². The Morgan fingerprint density at radius 2 is 1.75 bits per heavy atom. The number of nitrogens with zero attached hydrogens (tertiary/aromatic N) is 1. The molecule has 1 heterocycles. The second-order valence-corrected chi connectivity index (χ2v) is 8.48. The highest BCUT2D eigenvalue weighted by atomic mass is 32.2. The summed E-state index contributed by atoms with van der Waals surface area (Å²) in [7, 11) is -3.62. The molecule has 1 N–H and O–H groups in total. The van der Waals surface area contributed by atoms with Gasteiger partial charge in [-0.15, -0.1) is 0 Å². The molecule has 0 unspecified atom stereocenters. The molecule has 0 bridgehead atoms. The first-order valence-corrected chi connectivity index (χ1v) is 10.6. The molecule has 148 valence electrons. The van der Waals surface area contributed by atoms with Crippen LogP contribution in [0.1, 0.15) is 35.5 Å². The van der Waals surface area contributed by atoms with Crippen LogP contribution in [0.15, 0.2) is 51.8 Å². The summed E-state index contributed by atoms with van der Waals surface area (Å²) in [5.74, 6) is -0.196. The van der Waals surface area contributed by atoms with E-state index in [1.807, 2.05) is 25.1 Å². The first-order valence-electron chi connectivity index (χ1n) is 9.19. The lowest BCUT2D eigenvalue weighted by atomic mass is 10.1. The summed E-state index contributed by atoms with van der Waals surface area (Å²) >= 11 is 0. The monoisotopic (exact) mass is 400 g/mol. The molecule has 0 radical (unpaired) electrons. The van der Waals surface area contributed by atoms with Crippen molar-refractivity contribution in [3.63, 3.8) is 0 Å². The minimum absolute atomic E-state index is 0.190. The molecule has 3 rings (SSSR count). The highest BCUT2D eigenvalue weighted by Gasteiger charge is 2.24. The van der Waals surface area contributed by atoms with E-state index >= 15 is 0 Å². The average Bonchev–Trinajstić information content (AvgIpc) is 3.01. The lowest BCUT2D eigenvalue weighted by molar-refractivity contribution is 0.0998. The van der Waals surface area contributed by atoms with Gasteiger partial charge >= 0.3 is 0 Å². The van der Waals surface area contributed by atoms with Crippen molar-refractivity contribution in [2.75, 3.05) is 18.4 Å². The lowest BCUT2D eigenvalue weighted by Gasteiger charge is -2.20. The molecule has 0 aliphatic rings. The molecular weight excluding hydrogens is 376 g/mol.